The Hall–Kier alpha value is -3.73. The Bertz CT molecular complexity index is 1370. The number of hydrogen-bond acceptors (Lipinski definition) is 3. The highest BCUT2D eigenvalue weighted by atomic mass is 16.1. The van der Waals surface area contributed by atoms with Crippen molar-refractivity contribution in [1.29, 1.82) is 0 Å². The van der Waals surface area contributed by atoms with Crippen LogP contribution in [0.5, 0.6) is 0 Å². The Balaban J connectivity index is 1.85. The van der Waals surface area contributed by atoms with E-state index in [9.17, 15) is 4.79 Å². The lowest BCUT2D eigenvalue weighted by Crippen LogP contribution is -2.24. The summed E-state index contributed by atoms with van der Waals surface area (Å²) in [6.07, 6.45) is 0. The molecule has 28 heavy (non-hydrogen) atoms. The van der Waals surface area contributed by atoms with Gasteiger partial charge in [0, 0.05) is 5.56 Å². The van der Waals surface area contributed by atoms with Gasteiger partial charge in [0.25, 0.3) is 5.56 Å². The lowest BCUT2D eigenvalue weighted by atomic mass is 10.1. The van der Waals surface area contributed by atoms with Gasteiger partial charge in [-0.1, -0.05) is 66.2 Å². The number of aryl methyl sites for hydroxylation is 1. The van der Waals surface area contributed by atoms with Crippen molar-refractivity contribution in [2.24, 2.45) is 0 Å². The maximum absolute atomic E-state index is 13.2. The van der Waals surface area contributed by atoms with Gasteiger partial charge in [-0.3, -0.25) is 13.8 Å². The number of fused-ring (bicyclic) bond motifs is 3. The summed E-state index contributed by atoms with van der Waals surface area (Å²) >= 11 is 0. The minimum absolute atomic E-state index is 0.0601. The molecule has 0 aliphatic rings. The third-order valence-corrected chi connectivity index (χ3v) is 4.97. The molecule has 0 aliphatic heterocycles. The molecule has 5 nitrogen and oxygen atoms in total. The van der Waals surface area contributed by atoms with E-state index < -0.39 is 0 Å². The largest absolute Gasteiger partial charge is 0.272 e. The summed E-state index contributed by atoms with van der Waals surface area (Å²) in [5, 5.41) is 9.51. The van der Waals surface area contributed by atoms with E-state index in [4.69, 9.17) is 0 Å². The molecule has 0 bridgehead atoms. The Morgan fingerprint density at radius 3 is 2.46 bits per heavy atom. The highest BCUT2D eigenvalue weighted by molar-refractivity contribution is 5.82. The van der Waals surface area contributed by atoms with Crippen molar-refractivity contribution >= 4 is 16.7 Å². The van der Waals surface area contributed by atoms with Crippen molar-refractivity contribution in [3.05, 3.63) is 100 Å². The second-order valence-corrected chi connectivity index (χ2v) is 6.92. The fraction of sp³-hybridized carbons (Fsp3) is 0.0870. The van der Waals surface area contributed by atoms with E-state index in [1.165, 1.54) is 0 Å². The van der Waals surface area contributed by atoms with Crippen LogP contribution in [0.2, 0.25) is 0 Å². The van der Waals surface area contributed by atoms with Crippen molar-refractivity contribution in [2.45, 2.75) is 13.5 Å². The summed E-state index contributed by atoms with van der Waals surface area (Å²) in [6, 6.07) is 25.7. The number of benzene rings is 3. The van der Waals surface area contributed by atoms with Crippen LogP contribution in [0.15, 0.2) is 83.7 Å². The molecule has 0 radical (unpaired) electrons. The molecule has 5 rings (SSSR count). The SMILES string of the molecule is Cc1cccc(-c2nnc3n(Cc4ccccc4)c(=O)c4ccccc4n23)c1. The van der Waals surface area contributed by atoms with Crippen LogP contribution in [0.4, 0.5) is 0 Å². The van der Waals surface area contributed by atoms with Gasteiger partial charge in [0.1, 0.15) is 0 Å². The molecule has 0 fully saturated rings. The van der Waals surface area contributed by atoms with Crippen LogP contribution in [0.3, 0.4) is 0 Å². The number of para-hydroxylation sites is 1. The fourth-order valence-corrected chi connectivity index (χ4v) is 3.64. The third-order valence-electron chi connectivity index (χ3n) is 4.97. The van der Waals surface area contributed by atoms with E-state index in [1.54, 1.807) is 4.57 Å². The third kappa shape index (κ3) is 2.60. The number of rotatable bonds is 3. The van der Waals surface area contributed by atoms with Gasteiger partial charge in [-0.05, 0) is 30.7 Å². The van der Waals surface area contributed by atoms with Crippen LogP contribution in [-0.2, 0) is 6.54 Å². The average molecular weight is 366 g/mol. The van der Waals surface area contributed by atoms with Gasteiger partial charge in [0.2, 0.25) is 5.78 Å². The summed E-state index contributed by atoms with van der Waals surface area (Å²) in [5.74, 6) is 1.28. The first kappa shape index (κ1) is 16.4. The minimum atomic E-state index is -0.0601. The van der Waals surface area contributed by atoms with Gasteiger partial charge in [-0.15, -0.1) is 10.2 Å². The summed E-state index contributed by atoms with van der Waals surface area (Å²) in [4.78, 5) is 13.2. The molecular formula is C23H18N4O. The Morgan fingerprint density at radius 1 is 0.857 bits per heavy atom. The van der Waals surface area contributed by atoms with Crippen molar-refractivity contribution < 1.29 is 0 Å². The van der Waals surface area contributed by atoms with E-state index in [2.05, 4.69) is 29.3 Å². The maximum Gasteiger partial charge on any atom is 0.263 e. The molecule has 0 unspecified atom stereocenters. The predicted molar refractivity (Wildman–Crippen MR) is 110 cm³/mol. The molecule has 136 valence electrons. The number of nitrogens with zero attached hydrogens (tertiary/aromatic N) is 4. The number of hydrogen-bond donors (Lipinski definition) is 0. The molecule has 0 spiro atoms. The summed E-state index contributed by atoms with van der Waals surface area (Å²) in [7, 11) is 0. The Kier molecular flexibility index (Phi) is 3.79. The standard InChI is InChI=1S/C23H18N4O/c1-16-8-7-11-18(14-16)21-24-25-23-26(15-17-9-3-2-4-10-17)22(28)19-12-5-6-13-20(19)27(21)23/h2-14H,15H2,1H3. The van der Waals surface area contributed by atoms with Gasteiger partial charge in [0.05, 0.1) is 17.4 Å². The van der Waals surface area contributed by atoms with Gasteiger partial charge in [0.15, 0.2) is 5.82 Å². The topological polar surface area (TPSA) is 52.2 Å². The molecule has 0 saturated heterocycles. The highest BCUT2D eigenvalue weighted by Gasteiger charge is 2.17. The predicted octanol–water partition coefficient (Wildman–Crippen LogP) is 4.07. The monoisotopic (exact) mass is 366 g/mol. The smallest absolute Gasteiger partial charge is 0.263 e. The zero-order valence-corrected chi connectivity index (χ0v) is 15.4. The molecule has 0 aliphatic carbocycles. The molecule has 2 aromatic heterocycles. The summed E-state index contributed by atoms with van der Waals surface area (Å²) in [5.41, 5.74) is 3.92. The van der Waals surface area contributed by atoms with Crippen molar-refractivity contribution in [3.8, 4) is 11.4 Å². The van der Waals surface area contributed by atoms with E-state index in [1.807, 2.05) is 71.1 Å². The van der Waals surface area contributed by atoms with Crippen molar-refractivity contribution in [2.75, 3.05) is 0 Å². The lowest BCUT2D eigenvalue weighted by Gasteiger charge is -2.11. The molecule has 0 saturated carbocycles. The molecule has 5 aromatic rings. The minimum Gasteiger partial charge on any atom is -0.272 e. The van der Waals surface area contributed by atoms with Crippen LogP contribution in [0, 0.1) is 6.92 Å². The van der Waals surface area contributed by atoms with Gasteiger partial charge in [-0.25, -0.2) is 0 Å². The summed E-state index contributed by atoms with van der Waals surface area (Å²) in [6.45, 7) is 2.50. The van der Waals surface area contributed by atoms with E-state index in [0.717, 1.165) is 28.0 Å². The first-order valence-corrected chi connectivity index (χ1v) is 9.20. The molecule has 2 heterocycles. The van der Waals surface area contributed by atoms with Gasteiger partial charge >= 0.3 is 0 Å². The number of aromatic nitrogens is 4. The molecule has 0 amide bonds. The maximum atomic E-state index is 13.2. The van der Waals surface area contributed by atoms with Gasteiger partial charge < -0.3 is 0 Å². The zero-order chi connectivity index (χ0) is 19.1. The Morgan fingerprint density at radius 2 is 1.64 bits per heavy atom. The second-order valence-electron chi connectivity index (χ2n) is 6.92. The van der Waals surface area contributed by atoms with E-state index in [-0.39, 0.29) is 5.56 Å². The van der Waals surface area contributed by atoms with Crippen LogP contribution in [0.25, 0.3) is 28.1 Å². The first-order chi connectivity index (χ1) is 13.7. The highest BCUT2D eigenvalue weighted by Crippen LogP contribution is 2.23. The van der Waals surface area contributed by atoms with Crippen molar-refractivity contribution in [3.63, 3.8) is 0 Å². The van der Waals surface area contributed by atoms with Crippen LogP contribution in [-0.4, -0.2) is 19.2 Å². The summed E-state index contributed by atoms with van der Waals surface area (Å²) < 4.78 is 3.68. The first-order valence-electron chi connectivity index (χ1n) is 9.20. The van der Waals surface area contributed by atoms with Crippen LogP contribution >= 0.6 is 0 Å². The lowest BCUT2D eigenvalue weighted by molar-refractivity contribution is 0.767. The van der Waals surface area contributed by atoms with Crippen LogP contribution < -0.4 is 5.56 Å². The van der Waals surface area contributed by atoms with Crippen LogP contribution in [0.1, 0.15) is 11.1 Å². The quantitative estimate of drug-likeness (QED) is 0.484. The van der Waals surface area contributed by atoms with Gasteiger partial charge in [-0.2, -0.15) is 0 Å². The molecule has 5 heteroatoms. The average Bonchev–Trinajstić information content (AvgIpc) is 3.17. The van der Waals surface area contributed by atoms with E-state index >= 15 is 0 Å². The van der Waals surface area contributed by atoms with Crippen molar-refractivity contribution in [1.82, 2.24) is 19.2 Å². The van der Waals surface area contributed by atoms with E-state index in [0.29, 0.717) is 17.7 Å². The molecule has 0 atom stereocenters. The Labute approximate surface area is 161 Å². The molecule has 3 aromatic carbocycles. The zero-order valence-electron chi connectivity index (χ0n) is 15.4. The fourth-order valence-electron chi connectivity index (χ4n) is 3.64. The normalized spacial score (nSPS) is 11.3. The molecule has 0 N–H and O–H groups in total. The molecular weight excluding hydrogens is 348 g/mol. The second kappa shape index (κ2) is 6.46.